The Bertz CT molecular complexity index is 1000. The van der Waals surface area contributed by atoms with Crippen molar-refractivity contribution in [3.05, 3.63) is 29.8 Å². The Balaban J connectivity index is 1.82. The highest BCUT2D eigenvalue weighted by Gasteiger charge is 2.23. The van der Waals surface area contributed by atoms with E-state index in [1.165, 1.54) is 0 Å². The van der Waals surface area contributed by atoms with Gasteiger partial charge in [-0.05, 0) is 24.6 Å². The zero-order valence-electron chi connectivity index (χ0n) is 17.0. The molecule has 4 N–H and O–H groups in total. The van der Waals surface area contributed by atoms with Gasteiger partial charge in [-0.25, -0.2) is 4.98 Å². The molecule has 3 heterocycles. The average molecular weight is 413 g/mol. The number of nitrogens with zero attached hydrogens (tertiary/aromatic N) is 5. The number of hydrogen-bond acceptors (Lipinski definition) is 9. The van der Waals surface area contributed by atoms with Gasteiger partial charge in [-0.2, -0.15) is 9.97 Å². The Morgan fingerprint density at radius 2 is 1.93 bits per heavy atom. The molecule has 1 saturated heterocycles. The number of morpholine rings is 1. The van der Waals surface area contributed by atoms with Gasteiger partial charge in [0.1, 0.15) is 0 Å². The highest BCUT2D eigenvalue weighted by molar-refractivity contribution is 5.88. The molecule has 0 radical (unpaired) electrons. The Kier molecular flexibility index (Phi) is 6.26. The Morgan fingerprint density at radius 3 is 2.67 bits per heavy atom. The number of aryl methyl sites for hydroxylation is 1. The third kappa shape index (κ3) is 4.30. The number of anilines is 4. The van der Waals surface area contributed by atoms with Crippen molar-refractivity contribution in [2.24, 2.45) is 0 Å². The smallest absolute Gasteiger partial charge is 0.226 e. The number of hydrogen-bond donors (Lipinski definition) is 4. The van der Waals surface area contributed by atoms with Crippen LogP contribution >= 0.6 is 0 Å². The number of ether oxygens (including phenoxy) is 1. The van der Waals surface area contributed by atoms with Crippen LogP contribution in [0.2, 0.25) is 0 Å². The van der Waals surface area contributed by atoms with Crippen LogP contribution in [0.25, 0.3) is 11.2 Å². The first-order valence-corrected chi connectivity index (χ1v) is 10.1. The standard InChI is InChI=1S/C20H27N7O3/c1-14-3-2-4-15(13-14)22-20-23-16-17(26-7-11-30-12-8-26)24-19(21-5-9-28)25-18(16)27(20)6-10-29/h2-4,13,28-29H,5-12H2,1H3,(H,22,23)(H,21,24,25). The molecule has 10 heteroatoms. The molecule has 0 unspecified atom stereocenters. The van der Waals surface area contributed by atoms with Gasteiger partial charge in [0.15, 0.2) is 17.0 Å². The van der Waals surface area contributed by atoms with Crippen molar-refractivity contribution in [3.63, 3.8) is 0 Å². The van der Waals surface area contributed by atoms with E-state index in [2.05, 4.69) is 25.5 Å². The summed E-state index contributed by atoms with van der Waals surface area (Å²) < 4.78 is 7.34. The van der Waals surface area contributed by atoms with E-state index in [-0.39, 0.29) is 13.2 Å². The lowest BCUT2D eigenvalue weighted by Gasteiger charge is -2.28. The number of nitrogens with one attached hydrogen (secondary N) is 2. The van der Waals surface area contributed by atoms with Crippen LogP contribution in [0.3, 0.4) is 0 Å². The first kappa shape index (κ1) is 20.3. The first-order chi connectivity index (χ1) is 14.7. The van der Waals surface area contributed by atoms with E-state index in [4.69, 9.17) is 9.72 Å². The first-order valence-electron chi connectivity index (χ1n) is 10.1. The summed E-state index contributed by atoms with van der Waals surface area (Å²) in [4.78, 5) is 16.2. The molecule has 1 fully saturated rings. The number of aliphatic hydroxyl groups excluding tert-OH is 2. The summed E-state index contributed by atoms with van der Waals surface area (Å²) in [6.45, 7) is 5.29. The topological polar surface area (TPSA) is 121 Å². The van der Waals surface area contributed by atoms with Crippen LogP contribution in [0.15, 0.2) is 24.3 Å². The van der Waals surface area contributed by atoms with Crippen LogP contribution in [-0.4, -0.2) is 75.8 Å². The van der Waals surface area contributed by atoms with Gasteiger partial charge in [0.05, 0.1) is 33.0 Å². The molecular formula is C20H27N7O3. The SMILES string of the molecule is Cc1cccc(Nc2nc3c(N4CCOCC4)nc(NCCO)nc3n2CCO)c1. The summed E-state index contributed by atoms with van der Waals surface area (Å²) in [5.41, 5.74) is 3.32. The molecule has 0 saturated carbocycles. The Morgan fingerprint density at radius 1 is 1.10 bits per heavy atom. The van der Waals surface area contributed by atoms with E-state index >= 15 is 0 Å². The molecule has 0 atom stereocenters. The van der Waals surface area contributed by atoms with Gasteiger partial charge in [-0.1, -0.05) is 12.1 Å². The predicted molar refractivity (Wildman–Crippen MR) is 115 cm³/mol. The molecule has 3 aromatic rings. The summed E-state index contributed by atoms with van der Waals surface area (Å²) in [7, 11) is 0. The fraction of sp³-hybridized carbons (Fsp3) is 0.450. The Hall–Kier alpha value is -2.95. The van der Waals surface area contributed by atoms with E-state index in [0.717, 1.165) is 11.3 Å². The van der Waals surface area contributed by atoms with Crippen molar-refractivity contribution in [3.8, 4) is 0 Å². The molecule has 10 nitrogen and oxygen atoms in total. The number of aromatic nitrogens is 4. The lowest BCUT2D eigenvalue weighted by Crippen LogP contribution is -2.37. The number of benzene rings is 1. The molecule has 0 amide bonds. The Labute approximate surface area is 174 Å². The van der Waals surface area contributed by atoms with Crippen LogP contribution in [0, 0.1) is 6.92 Å². The largest absolute Gasteiger partial charge is 0.395 e. The normalized spacial score (nSPS) is 14.3. The third-order valence-electron chi connectivity index (χ3n) is 4.88. The second-order valence-electron chi connectivity index (χ2n) is 7.10. The zero-order valence-corrected chi connectivity index (χ0v) is 17.0. The predicted octanol–water partition coefficient (Wildman–Crippen LogP) is 1.11. The zero-order chi connectivity index (χ0) is 20.9. The number of aliphatic hydroxyl groups is 2. The van der Waals surface area contributed by atoms with Crippen molar-refractivity contribution in [1.29, 1.82) is 0 Å². The van der Waals surface area contributed by atoms with Gasteiger partial charge in [0.25, 0.3) is 0 Å². The fourth-order valence-electron chi connectivity index (χ4n) is 3.49. The van der Waals surface area contributed by atoms with Gasteiger partial charge in [0, 0.05) is 25.3 Å². The molecule has 2 aromatic heterocycles. The molecule has 0 aliphatic carbocycles. The summed E-state index contributed by atoms with van der Waals surface area (Å²) in [6.07, 6.45) is 0. The van der Waals surface area contributed by atoms with Crippen LogP contribution in [0.1, 0.15) is 5.56 Å². The maximum absolute atomic E-state index is 9.67. The van der Waals surface area contributed by atoms with E-state index in [1.807, 2.05) is 35.8 Å². The second-order valence-corrected chi connectivity index (χ2v) is 7.10. The van der Waals surface area contributed by atoms with Gasteiger partial charge < -0.3 is 30.5 Å². The van der Waals surface area contributed by atoms with Gasteiger partial charge in [-0.3, -0.25) is 4.57 Å². The molecule has 0 spiro atoms. The van der Waals surface area contributed by atoms with E-state index < -0.39 is 0 Å². The molecule has 30 heavy (non-hydrogen) atoms. The maximum Gasteiger partial charge on any atom is 0.226 e. The van der Waals surface area contributed by atoms with Crippen molar-refractivity contribution in [2.45, 2.75) is 13.5 Å². The summed E-state index contributed by atoms with van der Waals surface area (Å²) in [6, 6.07) is 8.01. The molecule has 0 bridgehead atoms. The van der Waals surface area contributed by atoms with Crippen molar-refractivity contribution >= 4 is 34.6 Å². The second kappa shape index (κ2) is 9.24. The minimum atomic E-state index is -0.0513. The van der Waals surface area contributed by atoms with Crippen LogP contribution < -0.4 is 15.5 Å². The van der Waals surface area contributed by atoms with Crippen LogP contribution in [0.5, 0.6) is 0 Å². The molecule has 4 rings (SSSR count). The average Bonchev–Trinajstić information content (AvgIpc) is 3.09. The molecule has 160 valence electrons. The number of fused-ring (bicyclic) bond motifs is 1. The lowest BCUT2D eigenvalue weighted by molar-refractivity contribution is 0.122. The van der Waals surface area contributed by atoms with Gasteiger partial charge >= 0.3 is 0 Å². The monoisotopic (exact) mass is 413 g/mol. The van der Waals surface area contributed by atoms with Crippen molar-refractivity contribution in [1.82, 2.24) is 19.5 Å². The van der Waals surface area contributed by atoms with E-state index in [0.29, 0.717) is 68.3 Å². The van der Waals surface area contributed by atoms with Crippen LogP contribution in [0.4, 0.5) is 23.4 Å². The van der Waals surface area contributed by atoms with Crippen LogP contribution in [-0.2, 0) is 11.3 Å². The quantitative estimate of drug-likeness (QED) is 0.430. The van der Waals surface area contributed by atoms with Crippen molar-refractivity contribution in [2.75, 3.05) is 61.6 Å². The van der Waals surface area contributed by atoms with Gasteiger partial charge in [-0.15, -0.1) is 0 Å². The number of imidazole rings is 1. The summed E-state index contributed by atoms with van der Waals surface area (Å²) in [5, 5.41) is 25.2. The molecular weight excluding hydrogens is 386 g/mol. The molecule has 1 aliphatic heterocycles. The van der Waals surface area contributed by atoms with E-state index in [1.54, 1.807) is 0 Å². The highest BCUT2D eigenvalue weighted by Crippen LogP contribution is 2.29. The summed E-state index contributed by atoms with van der Waals surface area (Å²) >= 11 is 0. The molecule has 1 aromatic carbocycles. The fourth-order valence-corrected chi connectivity index (χ4v) is 3.49. The molecule has 1 aliphatic rings. The third-order valence-corrected chi connectivity index (χ3v) is 4.88. The van der Waals surface area contributed by atoms with Gasteiger partial charge in [0.2, 0.25) is 11.9 Å². The minimum Gasteiger partial charge on any atom is -0.395 e. The van der Waals surface area contributed by atoms with E-state index in [9.17, 15) is 10.2 Å². The highest BCUT2D eigenvalue weighted by atomic mass is 16.5. The number of rotatable bonds is 8. The summed E-state index contributed by atoms with van der Waals surface area (Å²) in [5.74, 6) is 1.72. The maximum atomic E-state index is 9.67. The lowest BCUT2D eigenvalue weighted by atomic mass is 10.2. The minimum absolute atomic E-state index is 0.0235. The van der Waals surface area contributed by atoms with Crippen molar-refractivity contribution < 1.29 is 14.9 Å².